The third-order valence-electron chi connectivity index (χ3n) is 9.16. The van der Waals surface area contributed by atoms with Crippen LogP contribution in [0.2, 0.25) is 18.1 Å². The third-order valence-corrected chi connectivity index (χ3v) is 13.7. The standard InChI is InChI=1S/C31H42F3N5O2Si/c1-30(2,3)42(4,5)41-23-14-16-38(17-15-23)27-19-25-21(20-39(37-25)22-10-7-6-8-11-22)18-26(27)36-29(40)24-12-9-13-28(35-24)31(32,33)34/h9,12-13,18-20,22-23H,6-8,10-11,14-17H2,1-5H3,(H,36,40). The average Bonchev–Trinajstić information content (AvgIpc) is 3.35. The Bertz CT molecular complexity index is 1420. The van der Waals surface area contributed by atoms with Gasteiger partial charge in [-0.3, -0.25) is 9.48 Å². The lowest BCUT2D eigenvalue weighted by atomic mass is 9.96. The maximum absolute atomic E-state index is 13.3. The highest BCUT2D eigenvalue weighted by Crippen LogP contribution is 2.40. The van der Waals surface area contributed by atoms with Crippen molar-refractivity contribution in [3.8, 4) is 0 Å². The molecule has 1 aromatic carbocycles. The van der Waals surface area contributed by atoms with Crippen molar-refractivity contribution in [2.45, 2.75) is 102 Å². The van der Waals surface area contributed by atoms with Crippen molar-refractivity contribution in [3.63, 3.8) is 0 Å². The zero-order valence-corrected chi connectivity index (χ0v) is 26.2. The third kappa shape index (κ3) is 6.67. The summed E-state index contributed by atoms with van der Waals surface area (Å²) >= 11 is 0. The number of benzene rings is 1. The molecule has 228 valence electrons. The number of nitrogens with zero attached hydrogens (tertiary/aromatic N) is 4. The van der Waals surface area contributed by atoms with E-state index >= 15 is 0 Å². The smallest absolute Gasteiger partial charge is 0.414 e. The summed E-state index contributed by atoms with van der Waals surface area (Å²) in [5, 5.41) is 8.81. The van der Waals surface area contributed by atoms with E-state index in [9.17, 15) is 18.0 Å². The van der Waals surface area contributed by atoms with Gasteiger partial charge in [-0.2, -0.15) is 18.3 Å². The maximum atomic E-state index is 13.3. The minimum Gasteiger partial charge on any atom is -0.414 e. The lowest BCUT2D eigenvalue weighted by molar-refractivity contribution is -0.141. The highest BCUT2D eigenvalue weighted by molar-refractivity contribution is 6.74. The Morgan fingerprint density at radius 1 is 1.02 bits per heavy atom. The minimum atomic E-state index is -4.63. The molecule has 1 amide bonds. The van der Waals surface area contributed by atoms with E-state index in [2.05, 4.69) is 49.1 Å². The van der Waals surface area contributed by atoms with Gasteiger partial charge in [-0.25, -0.2) is 4.98 Å². The van der Waals surface area contributed by atoms with Crippen LogP contribution in [0, 0.1) is 0 Å². The molecule has 1 aliphatic heterocycles. The van der Waals surface area contributed by atoms with E-state index in [4.69, 9.17) is 9.52 Å². The number of nitrogens with one attached hydrogen (secondary N) is 1. The minimum absolute atomic E-state index is 0.126. The topological polar surface area (TPSA) is 72.3 Å². The number of carbonyl (C=O) groups excluding carboxylic acids is 1. The summed E-state index contributed by atoms with van der Waals surface area (Å²) in [6.07, 6.45) is 5.05. The van der Waals surface area contributed by atoms with Crippen molar-refractivity contribution in [1.82, 2.24) is 14.8 Å². The quantitative estimate of drug-likeness (QED) is 0.289. The highest BCUT2D eigenvalue weighted by Gasteiger charge is 2.40. The van der Waals surface area contributed by atoms with E-state index in [1.807, 2.05) is 23.0 Å². The molecular weight excluding hydrogens is 559 g/mol. The Labute approximate surface area is 247 Å². The predicted molar refractivity (Wildman–Crippen MR) is 163 cm³/mol. The second kappa shape index (κ2) is 11.6. The number of rotatable bonds is 6. The van der Waals surface area contributed by atoms with Crippen molar-refractivity contribution in [3.05, 3.63) is 47.9 Å². The SMILES string of the molecule is CC(C)(C)[Si](C)(C)OC1CCN(c2cc3nn(C4CCCCC4)cc3cc2NC(=O)c2cccc(C(F)(F)F)n2)CC1. The number of anilines is 2. The van der Waals surface area contributed by atoms with Gasteiger partial charge in [-0.05, 0) is 68.1 Å². The van der Waals surface area contributed by atoms with E-state index in [0.29, 0.717) is 11.7 Å². The molecule has 3 aromatic rings. The van der Waals surface area contributed by atoms with Crippen LogP contribution in [0.4, 0.5) is 24.5 Å². The van der Waals surface area contributed by atoms with Crippen LogP contribution < -0.4 is 10.2 Å². The Kier molecular flexibility index (Phi) is 8.46. The van der Waals surface area contributed by atoms with Gasteiger partial charge < -0.3 is 14.6 Å². The molecule has 0 spiro atoms. The summed E-state index contributed by atoms with van der Waals surface area (Å²) in [5.74, 6) is -0.683. The average molecular weight is 602 g/mol. The van der Waals surface area contributed by atoms with E-state index in [-0.39, 0.29) is 16.8 Å². The van der Waals surface area contributed by atoms with Crippen molar-refractivity contribution >= 4 is 36.5 Å². The van der Waals surface area contributed by atoms with Crippen LogP contribution in [0.1, 0.15) is 87.9 Å². The van der Waals surface area contributed by atoms with Gasteiger partial charge in [0.15, 0.2) is 8.32 Å². The number of aromatic nitrogens is 3. The highest BCUT2D eigenvalue weighted by atomic mass is 28.4. The van der Waals surface area contributed by atoms with Crippen molar-refractivity contribution in [2.75, 3.05) is 23.3 Å². The normalized spacial score (nSPS) is 18.0. The van der Waals surface area contributed by atoms with Gasteiger partial charge >= 0.3 is 6.18 Å². The number of hydrogen-bond donors (Lipinski definition) is 1. The molecule has 1 saturated carbocycles. The van der Waals surface area contributed by atoms with E-state index in [1.165, 1.54) is 31.4 Å². The fourth-order valence-electron chi connectivity index (χ4n) is 5.69. The van der Waals surface area contributed by atoms with E-state index < -0.39 is 26.1 Å². The number of alkyl halides is 3. The maximum Gasteiger partial charge on any atom is 0.433 e. The number of pyridine rings is 1. The molecule has 5 rings (SSSR count). The van der Waals surface area contributed by atoms with Crippen LogP contribution in [-0.4, -0.2) is 48.2 Å². The summed E-state index contributed by atoms with van der Waals surface area (Å²) in [5.41, 5.74) is 0.810. The van der Waals surface area contributed by atoms with Gasteiger partial charge in [0.05, 0.1) is 22.9 Å². The first-order valence-corrected chi connectivity index (χ1v) is 17.9. The van der Waals surface area contributed by atoms with Crippen LogP contribution in [0.5, 0.6) is 0 Å². The van der Waals surface area contributed by atoms with Gasteiger partial charge in [0.25, 0.3) is 5.91 Å². The Morgan fingerprint density at radius 3 is 2.36 bits per heavy atom. The molecule has 1 N–H and O–H groups in total. The van der Waals surface area contributed by atoms with Crippen LogP contribution in [0.3, 0.4) is 0 Å². The molecule has 0 bridgehead atoms. The molecule has 1 aliphatic carbocycles. The fraction of sp³-hybridized carbons (Fsp3) is 0.581. The summed E-state index contributed by atoms with van der Waals surface area (Å²) in [6, 6.07) is 7.61. The molecule has 0 atom stereocenters. The number of halogens is 3. The van der Waals surface area contributed by atoms with Crippen molar-refractivity contribution < 1.29 is 22.4 Å². The van der Waals surface area contributed by atoms with Crippen LogP contribution in [0.25, 0.3) is 10.9 Å². The number of piperidine rings is 1. The van der Waals surface area contributed by atoms with Gasteiger partial charge in [0.1, 0.15) is 11.4 Å². The van der Waals surface area contributed by atoms with E-state index in [0.717, 1.165) is 61.4 Å². The lowest BCUT2D eigenvalue weighted by Crippen LogP contribution is -2.47. The van der Waals surface area contributed by atoms with Crippen LogP contribution in [0.15, 0.2) is 36.5 Å². The first-order chi connectivity index (χ1) is 19.7. The predicted octanol–water partition coefficient (Wildman–Crippen LogP) is 8.20. The second-order valence-electron chi connectivity index (χ2n) is 13.3. The molecule has 3 heterocycles. The van der Waals surface area contributed by atoms with Crippen molar-refractivity contribution in [2.24, 2.45) is 0 Å². The van der Waals surface area contributed by atoms with Gasteiger partial charge in [-0.15, -0.1) is 0 Å². The Hall–Kier alpha value is -2.92. The molecule has 0 unspecified atom stereocenters. The first kappa shape index (κ1) is 30.5. The lowest BCUT2D eigenvalue weighted by Gasteiger charge is -2.42. The molecule has 0 radical (unpaired) electrons. The monoisotopic (exact) mass is 601 g/mol. The number of fused-ring (bicyclic) bond motifs is 1. The van der Waals surface area contributed by atoms with Gasteiger partial charge in [0.2, 0.25) is 0 Å². The number of hydrogen-bond acceptors (Lipinski definition) is 5. The Morgan fingerprint density at radius 2 is 1.71 bits per heavy atom. The van der Waals surface area contributed by atoms with Gasteiger partial charge in [0, 0.05) is 30.8 Å². The molecule has 2 aliphatic rings. The molecule has 42 heavy (non-hydrogen) atoms. The summed E-state index contributed by atoms with van der Waals surface area (Å²) in [4.78, 5) is 19.0. The Balaban J connectivity index is 1.43. The number of amides is 1. The fourth-order valence-corrected chi connectivity index (χ4v) is 7.11. The molecule has 11 heteroatoms. The molecule has 2 fully saturated rings. The molecule has 7 nitrogen and oxygen atoms in total. The number of carbonyl (C=O) groups is 1. The van der Waals surface area contributed by atoms with E-state index in [1.54, 1.807) is 0 Å². The van der Waals surface area contributed by atoms with Crippen LogP contribution in [-0.2, 0) is 10.6 Å². The van der Waals surface area contributed by atoms with Gasteiger partial charge in [-0.1, -0.05) is 46.1 Å². The molecule has 2 aromatic heterocycles. The van der Waals surface area contributed by atoms with Crippen molar-refractivity contribution in [1.29, 1.82) is 0 Å². The summed E-state index contributed by atoms with van der Waals surface area (Å²) in [6.45, 7) is 12.7. The first-order valence-electron chi connectivity index (χ1n) is 15.0. The zero-order valence-electron chi connectivity index (χ0n) is 25.2. The largest absolute Gasteiger partial charge is 0.433 e. The van der Waals surface area contributed by atoms with Crippen LogP contribution >= 0.6 is 0 Å². The molecular formula is C31H42F3N5O2Si. The summed E-state index contributed by atoms with van der Waals surface area (Å²) in [7, 11) is -1.91. The zero-order chi connectivity index (χ0) is 30.3. The second-order valence-corrected chi connectivity index (χ2v) is 18.0. The summed E-state index contributed by atoms with van der Waals surface area (Å²) < 4.78 is 48.6. The molecule has 1 saturated heterocycles.